The number of urea groups is 1. The van der Waals surface area contributed by atoms with Crippen molar-refractivity contribution in [2.45, 2.75) is 19.6 Å². The molecule has 0 radical (unpaired) electrons. The maximum absolute atomic E-state index is 12.9. The van der Waals surface area contributed by atoms with Gasteiger partial charge in [-0.15, -0.1) is 0 Å². The van der Waals surface area contributed by atoms with Crippen LogP contribution in [0.15, 0.2) is 30.3 Å². The molecule has 0 unspecified atom stereocenters. The van der Waals surface area contributed by atoms with Crippen LogP contribution in [0, 0.1) is 6.92 Å². The molecule has 0 fully saturated rings. The minimum atomic E-state index is -4.55. The third-order valence-corrected chi connectivity index (χ3v) is 3.23. The van der Waals surface area contributed by atoms with E-state index in [1.807, 2.05) is 14.1 Å². The number of para-hydroxylation sites is 1. The largest absolute Gasteiger partial charge is 0.418 e. The van der Waals surface area contributed by atoms with Gasteiger partial charge in [0, 0.05) is 25.9 Å². The molecule has 0 saturated heterocycles. The highest BCUT2D eigenvalue weighted by Gasteiger charge is 2.33. The van der Waals surface area contributed by atoms with E-state index in [1.54, 1.807) is 17.9 Å². The molecule has 1 heterocycles. The number of aryl methyl sites for hydroxylation is 1. The molecule has 2 N–H and O–H groups in total. The van der Waals surface area contributed by atoms with E-state index in [0.717, 1.165) is 11.8 Å². The molecule has 2 aromatic rings. The zero-order chi connectivity index (χ0) is 18.6. The summed E-state index contributed by atoms with van der Waals surface area (Å²) < 4.78 is 38.8. The van der Waals surface area contributed by atoms with Crippen molar-refractivity contribution in [3.05, 3.63) is 47.4 Å². The summed E-state index contributed by atoms with van der Waals surface area (Å²) in [6.07, 6.45) is -4.55. The van der Waals surface area contributed by atoms with Gasteiger partial charge < -0.3 is 15.5 Å². The van der Waals surface area contributed by atoms with E-state index < -0.39 is 17.8 Å². The van der Waals surface area contributed by atoms with E-state index in [-0.39, 0.29) is 12.2 Å². The normalized spacial score (nSPS) is 11.1. The number of carbonyl (C=O) groups is 1. The van der Waals surface area contributed by atoms with Crippen molar-refractivity contribution in [3.8, 4) is 0 Å². The first-order chi connectivity index (χ1) is 11.7. The summed E-state index contributed by atoms with van der Waals surface area (Å²) >= 11 is 0. The van der Waals surface area contributed by atoms with Crippen molar-refractivity contribution in [2.75, 3.05) is 24.3 Å². The number of nitrogens with one attached hydrogen (secondary N) is 2. The van der Waals surface area contributed by atoms with Crippen LogP contribution in [0.1, 0.15) is 17.1 Å². The highest BCUT2D eigenvalue weighted by molar-refractivity contribution is 5.90. The Morgan fingerprint density at radius 2 is 1.88 bits per heavy atom. The lowest BCUT2D eigenvalue weighted by Gasteiger charge is -2.15. The summed E-state index contributed by atoms with van der Waals surface area (Å²) in [6.45, 7) is 1.78. The smallest absolute Gasteiger partial charge is 0.363 e. The molecule has 1 aromatic carbocycles. The van der Waals surface area contributed by atoms with Gasteiger partial charge in [0.1, 0.15) is 11.6 Å². The lowest BCUT2D eigenvalue weighted by Crippen LogP contribution is -2.30. The molecule has 9 heteroatoms. The molecule has 0 aliphatic rings. The topological polar surface area (TPSA) is 70.2 Å². The van der Waals surface area contributed by atoms with E-state index in [2.05, 4.69) is 20.6 Å². The van der Waals surface area contributed by atoms with Gasteiger partial charge in [-0.25, -0.2) is 14.8 Å². The zero-order valence-corrected chi connectivity index (χ0v) is 14.0. The van der Waals surface area contributed by atoms with Gasteiger partial charge in [0.2, 0.25) is 0 Å². The van der Waals surface area contributed by atoms with Crippen molar-refractivity contribution in [1.29, 1.82) is 0 Å². The van der Waals surface area contributed by atoms with Crippen LogP contribution in [-0.2, 0) is 12.7 Å². The quantitative estimate of drug-likeness (QED) is 0.886. The first-order valence-electron chi connectivity index (χ1n) is 7.40. The van der Waals surface area contributed by atoms with Crippen molar-refractivity contribution in [1.82, 2.24) is 15.3 Å². The van der Waals surface area contributed by atoms with Gasteiger partial charge in [-0.05, 0) is 19.1 Å². The lowest BCUT2D eigenvalue weighted by atomic mass is 10.1. The number of amides is 2. The highest BCUT2D eigenvalue weighted by Crippen LogP contribution is 2.34. The number of anilines is 2. The summed E-state index contributed by atoms with van der Waals surface area (Å²) in [6, 6.07) is 5.78. The molecular weight excluding hydrogens is 335 g/mol. The lowest BCUT2D eigenvalue weighted by molar-refractivity contribution is -0.136. The van der Waals surface area contributed by atoms with Crippen LogP contribution < -0.4 is 15.5 Å². The Morgan fingerprint density at radius 1 is 1.20 bits per heavy atom. The number of halogens is 3. The molecule has 0 saturated carbocycles. The van der Waals surface area contributed by atoms with E-state index in [9.17, 15) is 18.0 Å². The molecule has 0 aliphatic heterocycles. The van der Waals surface area contributed by atoms with Crippen LogP contribution in [0.5, 0.6) is 0 Å². The van der Waals surface area contributed by atoms with E-state index in [1.165, 1.54) is 18.2 Å². The van der Waals surface area contributed by atoms with Gasteiger partial charge in [-0.2, -0.15) is 13.2 Å². The van der Waals surface area contributed by atoms with Crippen LogP contribution in [0.2, 0.25) is 0 Å². The maximum Gasteiger partial charge on any atom is 0.418 e. The molecule has 2 rings (SSSR count). The van der Waals surface area contributed by atoms with Gasteiger partial charge in [0.25, 0.3) is 0 Å². The van der Waals surface area contributed by atoms with Crippen LogP contribution in [0.25, 0.3) is 0 Å². The van der Waals surface area contributed by atoms with Gasteiger partial charge >= 0.3 is 12.2 Å². The molecule has 0 aliphatic carbocycles. The summed E-state index contributed by atoms with van der Waals surface area (Å²) in [4.78, 5) is 22.2. The Kier molecular flexibility index (Phi) is 5.45. The second kappa shape index (κ2) is 7.37. The first-order valence-corrected chi connectivity index (χ1v) is 7.40. The molecule has 134 valence electrons. The predicted molar refractivity (Wildman–Crippen MR) is 88.4 cm³/mol. The Labute approximate surface area is 143 Å². The Morgan fingerprint density at radius 3 is 2.52 bits per heavy atom. The van der Waals surface area contributed by atoms with Crippen LogP contribution in [-0.4, -0.2) is 30.1 Å². The van der Waals surface area contributed by atoms with Crippen LogP contribution >= 0.6 is 0 Å². The van der Waals surface area contributed by atoms with Gasteiger partial charge in [-0.3, -0.25) is 0 Å². The molecule has 6 nitrogen and oxygen atoms in total. The minimum absolute atomic E-state index is 0.0114. The average Bonchev–Trinajstić information content (AvgIpc) is 2.52. The summed E-state index contributed by atoms with van der Waals surface area (Å²) in [5.41, 5.74) is -0.503. The van der Waals surface area contributed by atoms with Crippen molar-refractivity contribution in [2.24, 2.45) is 0 Å². The SMILES string of the molecule is Cc1cc(N(C)C)nc(CNC(=O)Nc2ccccc2C(F)(F)F)n1. The monoisotopic (exact) mass is 353 g/mol. The zero-order valence-electron chi connectivity index (χ0n) is 14.0. The molecule has 0 spiro atoms. The Bertz CT molecular complexity index is 762. The number of aromatic nitrogens is 2. The summed E-state index contributed by atoms with van der Waals surface area (Å²) in [5, 5.41) is 4.66. The number of benzene rings is 1. The molecule has 0 bridgehead atoms. The first kappa shape index (κ1) is 18.5. The predicted octanol–water partition coefficient (Wildman–Crippen LogP) is 3.19. The summed E-state index contributed by atoms with van der Waals surface area (Å²) in [5.74, 6) is 1.04. The van der Waals surface area contributed by atoms with E-state index in [4.69, 9.17) is 0 Å². The fraction of sp³-hybridized carbons (Fsp3) is 0.312. The fourth-order valence-electron chi connectivity index (χ4n) is 2.09. The number of nitrogens with zero attached hydrogens (tertiary/aromatic N) is 3. The Hall–Kier alpha value is -2.84. The minimum Gasteiger partial charge on any atom is -0.363 e. The van der Waals surface area contributed by atoms with Gasteiger partial charge in [-0.1, -0.05) is 12.1 Å². The second-order valence-corrected chi connectivity index (χ2v) is 5.53. The molecule has 1 aromatic heterocycles. The van der Waals surface area contributed by atoms with Crippen molar-refractivity contribution >= 4 is 17.5 Å². The van der Waals surface area contributed by atoms with Crippen molar-refractivity contribution in [3.63, 3.8) is 0 Å². The van der Waals surface area contributed by atoms with Gasteiger partial charge in [0.05, 0.1) is 17.8 Å². The van der Waals surface area contributed by atoms with Crippen LogP contribution in [0.3, 0.4) is 0 Å². The number of carbonyl (C=O) groups excluding carboxylic acids is 1. The summed E-state index contributed by atoms with van der Waals surface area (Å²) in [7, 11) is 3.64. The molecular formula is C16H18F3N5O. The maximum atomic E-state index is 12.9. The molecule has 2 amide bonds. The highest BCUT2D eigenvalue weighted by atomic mass is 19.4. The van der Waals surface area contributed by atoms with Crippen molar-refractivity contribution < 1.29 is 18.0 Å². The van der Waals surface area contributed by atoms with E-state index in [0.29, 0.717) is 11.6 Å². The molecule has 25 heavy (non-hydrogen) atoms. The molecule has 0 atom stereocenters. The number of hydrogen-bond donors (Lipinski definition) is 2. The van der Waals surface area contributed by atoms with Crippen LogP contribution in [0.4, 0.5) is 29.5 Å². The standard InChI is InChI=1S/C16H18F3N5O/c1-10-8-14(24(2)3)23-13(21-10)9-20-15(25)22-12-7-5-4-6-11(12)16(17,18)19/h4-8H,9H2,1-3H3,(H2,20,22,25). The number of rotatable bonds is 4. The Balaban J connectivity index is 2.05. The van der Waals surface area contributed by atoms with Gasteiger partial charge in [0.15, 0.2) is 0 Å². The fourth-order valence-corrected chi connectivity index (χ4v) is 2.09. The van der Waals surface area contributed by atoms with E-state index >= 15 is 0 Å². The third kappa shape index (κ3) is 5.07. The third-order valence-electron chi connectivity index (χ3n) is 3.23. The second-order valence-electron chi connectivity index (χ2n) is 5.53. The number of alkyl halides is 3. The number of hydrogen-bond acceptors (Lipinski definition) is 4. The average molecular weight is 353 g/mol.